The molecule has 0 bridgehead atoms. The minimum absolute atomic E-state index is 0.0788. The molecule has 4 nitrogen and oxygen atoms in total. The van der Waals surface area contributed by atoms with Crippen molar-refractivity contribution in [2.24, 2.45) is 5.92 Å². The fourth-order valence-corrected chi connectivity index (χ4v) is 2.64. The summed E-state index contributed by atoms with van der Waals surface area (Å²) in [5.74, 6) is -2.00. The van der Waals surface area contributed by atoms with Crippen LogP contribution in [0.5, 0.6) is 0 Å². The Labute approximate surface area is 111 Å². The van der Waals surface area contributed by atoms with E-state index >= 15 is 0 Å². The van der Waals surface area contributed by atoms with Crippen LogP contribution in [-0.4, -0.2) is 40.8 Å². The number of benzene rings is 1. The molecule has 3 unspecified atom stereocenters. The van der Waals surface area contributed by atoms with Crippen molar-refractivity contribution in [2.45, 2.75) is 25.5 Å². The normalized spacial score (nSPS) is 28.3. The van der Waals surface area contributed by atoms with Crippen molar-refractivity contribution >= 4 is 5.97 Å². The van der Waals surface area contributed by atoms with E-state index in [1.165, 1.54) is 6.07 Å². The highest BCUT2D eigenvalue weighted by molar-refractivity contribution is 5.71. The van der Waals surface area contributed by atoms with Crippen molar-refractivity contribution in [3.05, 3.63) is 35.1 Å². The third kappa shape index (κ3) is 2.77. The highest BCUT2D eigenvalue weighted by Crippen LogP contribution is 2.33. The van der Waals surface area contributed by atoms with E-state index < -0.39 is 18.0 Å². The van der Waals surface area contributed by atoms with Gasteiger partial charge in [0.25, 0.3) is 0 Å². The molecule has 1 fully saturated rings. The molecule has 19 heavy (non-hydrogen) atoms. The number of carboxylic acids is 1. The standard InChI is InChI=1S/C14H18FNO3/c1-8-5-9(3-4-11(8)15)12-6-13(17)10(14(18)19)7-16(12)2/h3-5,10,12-13,17H,6-7H2,1-2H3,(H,18,19). The summed E-state index contributed by atoms with van der Waals surface area (Å²) in [6, 6.07) is 4.78. The molecule has 5 heteroatoms. The number of carbonyl (C=O) groups is 1. The third-order valence-corrected chi connectivity index (χ3v) is 3.83. The molecule has 3 atom stereocenters. The van der Waals surface area contributed by atoms with Crippen LogP contribution in [0, 0.1) is 18.7 Å². The van der Waals surface area contributed by atoms with E-state index in [9.17, 15) is 14.3 Å². The van der Waals surface area contributed by atoms with Crippen molar-refractivity contribution < 1.29 is 19.4 Å². The number of aryl methyl sites for hydroxylation is 1. The van der Waals surface area contributed by atoms with Crippen LogP contribution in [0.25, 0.3) is 0 Å². The number of hydrogen-bond donors (Lipinski definition) is 2. The lowest BCUT2D eigenvalue weighted by Gasteiger charge is -2.39. The second-order valence-electron chi connectivity index (χ2n) is 5.21. The molecule has 1 aromatic carbocycles. The van der Waals surface area contributed by atoms with Crippen LogP contribution < -0.4 is 0 Å². The number of aliphatic hydroxyl groups excluding tert-OH is 1. The Morgan fingerprint density at radius 3 is 2.74 bits per heavy atom. The van der Waals surface area contributed by atoms with Crippen LogP contribution in [0.1, 0.15) is 23.6 Å². The Bertz CT molecular complexity index is 492. The van der Waals surface area contributed by atoms with Crippen molar-refractivity contribution in [2.75, 3.05) is 13.6 Å². The Morgan fingerprint density at radius 2 is 2.16 bits per heavy atom. The highest BCUT2D eigenvalue weighted by atomic mass is 19.1. The summed E-state index contributed by atoms with van der Waals surface area (Å²) in [5, 5.41) is 19.0. The molecular weight excluding hydrogens is 249 g/mol. The third-order valence-electron chi connectivity index (χ3n) is 3.83. The minimum atomic E-state index is -0.979. The second kappa shape index (κ2) is 5.27. The van der Waals surface area contributed by atoms with Crippen LogP contribution in [0.15, 0.2) is 18.2 Å². The molecule has 2 rings (SSSR count). The number of hydrogen-bond acceptors (Lipinski definition) is 3. The number of likely N-dealkylation sites (tertiary alicyclic amines) is 1. The van der Waals surface area contributed by atoms with Crippen LogP contribution in [0.4, 0.5) is 4.39 Å². The van der Waals surface area contributed by atoms with E-state index in [0.717, 1.165) is 5.56 Å². The lowest BCUT2D eigenvalue weighted by Crippen LogP contribution is -2.46. The van der Waals surface area contributed by atoms with Crippen molar-refractivity contribution in [1.29, 1.82) is 0 Å². The fourth-order valence-electron chi connectivity index (χ4n) is 2.64. The number of rotatable bonds is 2. The molecule has 0 aliphatic carbocycles. The topological polar surface area (TPSA) is 60.8 Å². The first-order valence-electron chi connectivity index (χ1n) is 6.27. The summed E-state index contributed by atoms with van der Waals surface area (Å²) in [6.07, 6.45) is -0.525. The number of aliphatic hydroxyl groups is 1. The maximum Gasteiger partial charge on any atom is 0.310 e. The zero-order valence-corrected chi connectivity index (χ0v) is 11.0. The van der Waals surface area contributed by atoms with E-state index in [4.69, 9.17) is 5.11 Å². The molecule has 0 saturated carbocycles. The smallest absolute Gasteiger partial charge is 0.310 e. The lowest BCUT2D eigenvalue weighted by molar-refractivity contribution is -0.150. The molecule has 1 aromatic rings. The maximum atomic E-state index is 13.3. The zero-order chi connectivity index (χ0) is 14.2. The van der Waals surface area contributed by atoms with Crippen molar-refractivity contribution in [3.63, 3.8) is 0 Å². The zero-order valence-electron chi connectivity index (χ0n) is 11.0. The summed E-state index contributed by atoms with van der Waals surface area (Å²) in [5.41, 5.74) is 1.46. The van der Waals surface area contributed by atoms with Crippen LogP contribution in [0.2, 0.25) is 0 Å². The van der Waals surface area contributed by atoms with E-state index in [-0.39, 0.29) is 18.4 Å². The lowest BCUT2D eigenvalue weighted by atomic mass is 9.86. The van der Waals surface area contributed by atoms with Gasteiger partial charge in [-0.3, -0.25) is 9.69 Å². The molecule has 1 aliphatic rings. The Balaban J connectivity index is 2.22. The van der Waals surface area contributed by atoms with Crippen LogP contribution >= 0.6 is 0 Å². The van der Waals surface area contributed by atoms with Crippen LogP contribution in [0.3, 0.4) is 0 Å². The van der Waals surface area contributed by atoms with Crippen LogP contribution in [-0.2, 0) is 4.79 Å². The van der Waals surface area contributed by atoms with Gasteiger partial charge in [-0.1, -0.05) is 12.1 Å². The first-order valence-corrected chi connectivity index (χ1v) is 6.27. The molecule has 0 spiro atoms. The number of aliphatic carboxylic acids is 1. The first-order chi connectivity index (χ1) is 8.90. The molecule has 1 heterocycles. The monoisotopic (exact) mass is 267 g/mol. The van der Waals surface area contributed by atoms with Gasteiger partial charge in [0.15, 0.2) is 0 Å². The summed E-state index contributed by atoms with van der Waals surface area (Å²) in [6.45, 7) is 1.98. The molecule has 1 saturated heterocycles. The van der Waals surface area contributed by atoms with Gasteiger partial charge < -0.3 is 10.2 Å². The Hall–Kier alpha value is -1.46. The Morgan fingerprint density at radius 1 is 1.47 bits per heavy atom. The first kappa shape index (κ1) is 14.0. The molecular formula is C14H18FNO3. The summed E-state index contributed by atoms with van der Waals surface area (Å²) in [7, 11) is 1.82. The van der Waals surface area contributed by atoms with Crippen molar-refractivity contribution in [3.8, 4) is 0 Å². The summed E-state index contributed by atoms with van der Waals surface area (Å²) < 4.78 is 13.3. The van der Waals surface area contributed by atoms with Gasteiger partial charge in [-0.15, -0.1) is 0 Å². The number of halogens is 1. The average Bonchev–Trinajstić information content (AvgIpc) is 2.35. The van der Waals surface area contributed by atoms with Gasteiger partial charge in [0.1, 0.15) is 5.82 Å². The molecule has 1 aliphatic heterocycles. The minimum Gasteiger partial charge on any atom is -0.481 e. The quantitative estimate of drug-likeness (QED) is 0.854. The van der Waals surface area contributed by atoms with Gasteiger partial charge in [0, 0.05) is 12.6 Å². The number of nitrogens with zero attached hydrogens (tertiary/aromatic N) is 1. The molecule has 104 valence electrons. The van der Waals surface area contributed by atoms with Gasteiger partial charge in [-0.25, -0.2) is 4.39 Å². The van der Waals surface area contributed by atoms with Gasteiger partial charge in [-0.05, 0) is 37.6 Å². The fraction of sp³-hybridized carbons (Fsp3) is 0.500. The highest BCUT2D eigenvalue weighted by Gasteiger charge is 2.37. The van der Waals surface area contributed by atoms with E-state index in [2.05, 4.69) is 0 Å². The van der Waals surface area contributed by atoms with Gasteiger partial charge in [0.05, 0.1) is 12.0 Å². The second-order valence-corrected chi connectivity index (χ2v) is 5.21. The molecule has 0 radical (unpaired) electrons. The van der Waals surface area contributed by atoms with Gasteiger partial charge >= 0.3 is 5.97 Å². The number of carboxylic acid groups (broad SMARTS) is 1. The number of piperidine rings is 1. The summed E-state index contributed by atoms with van der Waals surface area (Å²) in [4.78, 5) is 12.9. The van der Waals surface area contributed by atoms with Gasteiger partial charge in [0.2, 0.25) is 0 Å². The predicted molar refractivity (Wildman–Crippen MR) is 68.3 cm³/mol. The Kier molecular flexibility index (Phi) is 3.87. The molecule has 2 N–H and O–H groups in total. The average molecular weight is 267 g/mol. The van der Waals surface area contributed by atoms with E-state index in [1.54, 1.807) is 19.1 Å². The SMILES string of the molecule is Cc1cc(C2CC(O)C(C(=O)O)CN2C)ccc1F. The predicted octanol–water partition coefficient (Wildman–Crippen LogP) is 1.57. The van der Waals surface area contributed by atoms with E-state index in [0.29, 0.717) is 12.0 Å². The van der Waals surface area contributed by atoms with Gasteiger partial charge in [-0.2, -0.15) is 0 Å². The molecule has 0 aromatic heterocycles. The largest absolute Gasteiger partial charge is 0.481 e. The summed E-state index contributed by atoms with van der Waals surface area (Å²) >= 11 is 0. The van der Waals surface area contributed by atoms with Crippen molar-refractivity contribution in [1.82, 2.24) is 4.90 Å². The maximum absolute atomic E-state index is 13.3. The van der Waals surface area contributed by atoms with E-state index in [1.807, 2.05) is 11.9 Å². The molecule has 0 amide bonds.